The van der Waals surface area contributed by atoms with Crippen molar-refractivity contribution in [2.75, 3.05) is 6.54 Å². The lowest BCUT2D eigenvalue weighted by molar-refractivity contribution is -0.123. The lowest BCUT2D eigenvalue weighted by Gasteiger charge is -2.14. The average molecular weight is 168 g/mol. The lowest BCUT2D eigenvalue weighted by atomic mass is 9.95. The first-order valence-corrected chi connectivity index (χ1v) is 4.86. The summed E-state index contributed by atoms with van der Waals surface area (Å²) in [5.74, 6) is 0.501. The maximum absolute atomic E-state index is 11.4. The minimum atomic E-state index is 0.238. The van der Waals surface area contributed by atoms with Crippen molar-refractivity contribution >= 4 is 5.91 Å². The van der Waals surface area contributed by atoms with Crippen molar-refractivity contribution in [1.82, 2.24) is 10.6 Å². The summed E-state index contributed by atoms with van der Waals surface area (Å²) in [4.78, 5) is 11.4. The van der Waals surface area contributed by atoms with Crippen LogP contribution in [0.25, 0.3) is 0 Å². The van der Waals surface area contributed by atoms with Crippen LogP contribution in [0, 0.1) is 5.92 Å². The number of hydrogen-bond acceptors (Lipinski definition) is 2. The van der Waals surface area contributed by atoms with Crippen LogP contribution in [-0.2, 0) is 4.79 Å². The molecule has 0 aromatic carbocycles. The summed E-state index contributed by atoms with van der Waals surface area (Å²) in [6.45, 7) is 3.20. The van der Waals surface area contributed by atoms with Crippen molar-refractivity contribution in [2.45, 2.75) is 38.3 Å². The molecule has 0 bridgehead atoms. The average Bonchev–Trinajstić information content (AvgIpc) is 2.56. The fourth-order valence-electron chi connectivity index (χ4n) is 2.39. The fraction of sp³-hybridized carbons (Fsp3) is 0.889. The van der Waals surface area contributed by atoms with E-state index in [9.17, 15) is 4.79 Å². The number of carbonyl (C=O) groups excluding carboxylic acids is 1. The maximum atomic E-state index is 11.4. The Morgan fingerprint density at radius 3 is 3.17 bits per heavy atom. The van der Waals surface area contributed by atoms with E-state index in [2.05, 4.69) is 17.6 Å². The molecule has 3 unspecified atom stereocenters. The molecule has 2 rings (SSSR count). The fourth-order valence-corrected chi connectivity index (χ4v) is 2.39. The van der Waals surface area contributed by atoms with Crippen LogP contribution >= 0.6 is 0 Å². The Morgan fingerprint density at radius 1 is 1.58 bits per heavy atom. The van der Waals surface area contributed by atoms with Gasteiger partial charge in [-0.05, 0) is 19.4 Å². The van der Waals surface area contributed by atoms with Crippen LogP contribution < -0.4 is 10.6 Å². The van der Waals surface area contributed by atoms with Gasteiger partial charge in [0.15, 0.2) is 0 Å². The molecule has 2 aliphatic rings. The van der Waals surface area contributed by atoms with Gasteiger partial charge in [-0.3, -0.25) is 4.79 Å². The Kier molecular flexibility index (Phi) is 2.05. The molecule has 0 aromatic rings. The van der Waals surface area contributed by atoms with Crippen LogP contribution in [0.5, 0.6) is 0 Å². The standard InChI is InChI=1S/C9H16N2O/c1-2-3-6-8-7(4-5-10-8)11-9(6)12/h6-8,10H,2-5H2,1H3,(H,11,12). The van der Waals surface area contributed by atoms with E-state index < -0.39 is 0 Å². The van der Waals surface area contributed by atoms with Gasteiger partial charge in [0, 0.05) is 12.1 Å². The molecule has 1 amide bonds. The van der Waals surface area contributed by atoms with Crippen LogP contribution in [0.1, 0.15) is 26.2 Å². The summed E-state index contributed by atoms with van der Waals surface area (Å²) < 4.78 is 0. The summed E-state index contributed by atoms with van der Waals surface area (Å²) >= 11 is 0. The minimum Gasteiger partial charge on any atom is -0.351 e. The lowest BCUT2D eigenvalue weighted by Crippen LogP contribution is -2.34. The van der Waals surface area contributed by atoms with Gasteiger partial charge in [0.05, 0.1) is 5.92 Å². The molecule has 0 radical (unpaired) electrons. The molecule has 12 heavy (non-hydrogen) atoms. The Morgan fingerprint density at radius 2 is 2.42 bits per heavy atom. The van der Waals surface area contributed by atoms with E-state index in [0.717, 1.165) is 25.8 Å². The summed E-state index contributed by atoms with van der Waals surface area (Å²) in [6.07, 6.45) is 3.24. The molecule has 0 spiro atoms. The number of hydrogen-bond donors (Lipinski definition) is 2. The van der Waals surface area contributed by atoms with E-state index in [0.29, 0.717) is 12.1 Å². The molecule has 3 nitrogen and oxygen atoms in total. The van der Waals surface area contributed by atoms with Gasteiger partial charge in [-0.1, -0.05) is 13.3 Å². The van der Waals surface area contributed by atoms with E-state index >= 15 is 0 Å². The normalized spacial score (nSPS) is 39.8. The van der Waals surface area contributed by atoms with E-state index in [-0.39, 0.29) is 11.8 Å². The molecule has 2 saturated heterocycles. The Labute approximate surface area is 72.9 Å². The SMILES string of the molecule is CCCC1C(=O)NC2CCNC21. The molecule has 3 heteroatoms. The molecule has 0 aromatic heterocycles. The molecule has 2 N–H and O–H groups in total. The first kappa shape index (κ1) is 8.05. The molecule has 3 atom stereocenters. The number of rotatable bonds is 2. The van der Waals surface area contributed by atoms with Crippen molar-refractivity contribution in [3.8, 4) is 0 Å². The molecule has 68 valence electrons. The van der Waals surface area contributed by atoms with Gasteiger partial charge in [-0.15, -0.1) is 0 Å². The molecular weight excluding hydrogens is 152 g/mol. The monoisotopic (exact) mass is 168 g/mol. The molecule has 0 aliphatic carbocycles. The highest BCUT2D eigenvalue weighted by Gasteiger charge is 2.43. The summed E-state index contributed by atoms with van der Waals surface area (Å²) in [7, 11) is 0. The van der Waals surface area contributed by atoms with Gasteiger partial charge < -0.3 is 10.6 Å². The second kappa shape index (κ2) is 3.05. The highest BCUT2D eigenvalue weighted by molar-refractivity contribution is 5.82. The Balaban J connectivity index is 2.05. The van der Waals surface area contributed by atoms with Crippen molar-refractivity contribution in [3.05, 3.63) is 0 Å². The topological polar surface area (TPSA) is 41.1 Å². The van der Waals surface area contributed by atoms with Gasteiger partial charge in [0.1, 0.15) is 0 Å². The third kappa shape index (κ3) is 1.12. The van der Waals surface area contributed by atoms with Crippen LogP contribution in [0.4, 0.5) is 0 Å². The highest BCUT2D eigenvalue weighted by Crippen LogP contribution is 2.26. The summed E-state index contributed by atoms with van der Waals surface area (Å²) in [5.41, 5.74) is 0. The van der Waals surface area contributed by atoms with E-state index in [4.69, 9.17) is 0 Å². The molecule has 2 heterocycles. The van der Waals surface area contributed by atoms with Crippen molar-refractivity contribution < 1.29 is 4.79 Å². The molecule has 2 fully saturated rings. The van der Waals surface area contributed by atoms with Gasteiger partial charge in [-0.25, -0.2) is 0 Å². The number of nitrogens with one attached hydrogen (secondary N) is 2. The summed E-state index contributed by atoms with van der Waals surface area (Å²) in [6, 6.07) is 0.853. The third-order valence-electron chi connectivity index (χ3n) is 2.97. The van der Waals surface area contributed by atoms with Crippen LogP contribution in [-0.4, -0.2) is 24.5 Å². The zero-order chi connectivity index (χ0) is 8.55. The summed E-state index contributed by atoms with van der Waals surface area (Å²) in [5, 5.41) is 6.45. The van der Waals surface area contributed by atoms with Crippen molar-refractivity contribution in [2.24, 2.45) is 5.92 Å². The smallest absolute Gasteiger partial charge is 0.225 e. The molecular formula is C9H16N2O. The zero-order valence-corrected chi connectivity index (χ0v) is 7.47. The van der Waals surface area contributed by atoms with Crippen molar-refractivity contribution in [1.29, 1.82) is 0 Å². The van der Waals surface area contributed by atoms with Crippen molar-refractivity contribution in [3.63, 3.8) is 0 Å². The van der Waals surface area contributed by atoms with Gasteiger partial charge >= 0.3 is 0 Å². The maximum Gasteiger partial charge on any atom is 0.225 e. The van der Waals surface area contributed by atoms with Crippen LogP contribution in [0.15, 0.2) is 0 Å². The largest absolute Gasteiger partial charge is 0.351 e. The van der Waals surface area contributed by atoms with Gasteiger partial charge in [0.25, 0.3) is 0 Å². The van der Waals surface area contributed by atoms with Crippen LogP contribution in [0.3, 0.4) is 0 Å². The first-order chi connectivity index (χ1) is 5.83. The zero-order valence-electron chi connectivity index (χ0n) is 7.47. The Hall–Kier alpha value is -0.570. The van der Waals surface area contributed by atoms with Gasteiger partial charge in [-0.2, -0.15) is 0 Å². The van der Waals surface area contributed by atoms with E-state index in [1.165, 1.54) is 0 Å². The van der Waals surface area contributed by atoms with E-state index in [1.54, 1.807) is 0 Å². The number of fused-ring (bicyclic) bond motifs is 1. The molecule has 0 saturated carbocycles. The van der Waals surface area contributed by atoms with E-state index in [1.807, 2.05) is 0 Å². The quantitative estimate of drug-likeness (QED) is 0.621. The van der Waals surface area contributed by atoms with Gasteiger partial charge in [0.2, 0.25) is 5.91 Å². The number of carbonyl (C=O) groups is 1. The van der Waals surface area contributed by atoms with Crippen LogP contribution in [0.2, 0.25) is 0 Å². The minimum absolute atomic E-state index is 0.238. The second-order valence-electron chi connectivity index (χ2n) is 3.78. The predicted molar refractivity (Wildman–Crippen MR) is 46.7 cm³/mol. The predicted octanol–water partition coefficient (Wildman–Crippen LogP) is 0.263. The molecule has 2 aliphatic heterocycles. The third-order valence-corrected chi connectivity index (χ3v) is 2.97. The Bertz CT molecular complexity index is 193. The highest BCUT2D eigenvalue weighted by atomic mass is 16.2. The second-order valence-corrected chi connectivity index (χ2v) is 3.78. The first-order valence-electron chi connectivity index (χ1n) is 4.86. The number of amides is 1.